The molecule has 2 amide bonds. The highest BCUT2D eigenvalue weighted by Gasteiger charge is 2.37. The molecule has 22 heavy (non-hydrogen) atoms. The second-order valence-corrected chi connectivity index (χ2v) is 6.22. The molecule has 5 nitrogen and oxygen atoms in total. The normalized spacial score (nSPS) is 24.5. The smallest absolute Gasteiger partial charge is 0.254 e. The molecule has 5 heteroatoms. The molecule has 1 aromatic rings. The van der Waals surface area contributed by atoms with Crippen molar-refractivity contribution in [3.63, 3.8) is 0 Å². The Morgan fingerprint density at radius 3 is 2.91 bits per heavy atom. The average Bonchev–Trinajstić information content (AvgIpc) is 2.81. The van der Waals surface area contributed by atoms with Gasteiger partial charge in [0.1, 0.15) is 5.75 Å². The van der Waals surface area contributed by atoms with E-state index in [1.54, 1.807) is 7.11 Å². The van der Waals surface area contributed by atoms with Crippen LogP contribution in [0.4, 0.5) is 0 Å². The van der Waals surface area contributed by atoms with Crippen molar-refractivity contribution in [3.8, 4) is 5.75 Å². The van der Waals surface area contributed by atoms with E-state index in [1.165, 1.54) is 0 Å². The van der Waals surface area contributed by atoms with Gasteiger partial charge in [-0.25, -0.2) is 0 Å². The number of amides is 2. The third kappa shape index (κ3) is 2.80. The molecule has 118 valence electrons. The molecule has 2 fully saturated rings. The van der Waals surface area contributed by atoms with Crippen LogP contribution in [0.1, 0.15) is 35.2 Å². The molecular formula is C17H22N2O3. The summed E-state index contributed by atoms with van der Waals surface area (Å²) in [6, 6.07) is 5.63. The molecule has 0 spiro atoms. The van der Waals surface area contributed by atoms with E-state index in [4.69, 9.17) is 4.74 Å². The molecule has 0 bridgehead atoms. The number of likely N-dealkylation sites (tertiary alicyclic amines) is 1. The zero-order valence-corrected chi connectivity index (χ0v) is 13.1. The third-order valence-corrected chi connectivity index (χ3v) is 4.72. The van der Waals surface area contributed by atoms with E-state index < -0.39 is 0 Å². The van der Waals surface area contributed by atoms with Crippen LogP contribution in [0.3, 0.4) is 0 Å². The Bertz CT molecular complexity index is 600. The molecule has 2 unspecified atom stereocenters. The van der Waals surface area contributed by atoms with E-state index in [0.29, 0.717) is 24.4 Å². The third-order valence-electron chi connectivity index (χ3n) is 4.72. The minimum atomic E-state index is 0.0440. The molecular weight excluding hydrogens is 280 g/mol. The number of benzene rings is 1. The summed E-state index contributed by atoms with van der Waals surface area (Å²) in [5, 5.41) is 3.06. The fourth-order valence-corrected chi connectivity index (χ4v) is 3.47. The van der Waals surface area contributed by atoms with Crippen molar-refractivity contribution in [1.29, 1.82) is 0 Å². The van der Waals surface area contributed by atoms with E-state index in [9.17, 15) is 9.59 Å². The number of fused-ring (bicyclic) bond motifs is 1. The van der Waals surface area contributed by atoms with Crippen molar-refractivity contribution in [2.45, 2.75) is 32.2 Å². The van der Waals surface area contributed by atoms with Crippen LogP contribution in [0, 0.1) is 12.8 Å². The van der Waals surface area contributed by atoms with Gasteiger partial charge in [0.15, 0.2) is 0 Å². The maximum absolute atomic E-state index is 12.8. The van der Waals surface area contributed by atoms with Crippen molar-refractivity contribution in [3.05, 3.63) is 29.3 Å². The van der Waals surface area contributed by atoms with Crippen molar-refractivity contribution in [2.24, 2.45) is 5.92 Å². The van der Waals surface area contributed by atoms with Crippen LogP contribution in [0.15, 0.2) is 18.2 Å². The minimum Gasteiger partial charge on any atom is -0.497 e. The lowest BCUT2D eigenvalue weighted by Crippen LogP contribution is -2.39. The molecule has 2 aliphatic rings. The molecule has 2 atom stereocenters. The number of methoxy groups -OCH3 is 1. The Labute approximate surface area is 130 Å². The van der Waals surface area contributed by atoms with Crippen LogP contribution in [0.5, 0.6) is 5.75 Å². The Kier molecular flexibility index (Phi) is 4.05. The van der Waals surface area contributed by atoms with E-state index in [-0.39, 0.29) is 17.9 Å². The van der Waals surface area contributed by atoms with Crippen LogP contribution in [-0.2, 0) is 4.79 Å². The molecule has 0 saturated carbocycles. The maximum atomic E-state index is 12.8. The molecule has 1 aromatic carbocycles. The van der Waals surface area contributed by atoms with Crippen molar-refractivity contribution >= 4 is 11.8 Å². The van der Waals surface area contributed by atoms with Gasteiger partial charge < -0.3 is 15.0 Å². The highest BCUT2D eigenvalue weighted by molar-refractivity contribution is 5.96. The van der Waals surface area contributed by atoms with Crippen LogP contribution in [0.2, 0.25) is 0 Å². The lowest BCUT2D eigenvalue weighted by atomic mass is 9.99. The number of nitrogens with zero attached hydrogens (tertiary/aromatic N) is 1. The molecule has 2 heterocycles. The molecule has 1 N–H and O–H groups in total. The molecule has 2 aliphatic heterocycles. The first kappa shape index (κ1) is 14.9. The van der Waals surface area contributed by atoms with E-state index in [2.05, 4.69) is 5.32 Å². The summed E-state index contributed by atoms with van der Waals surface area (Å²) < 4.78 is 5.19. The number of carbonyl (C=O) groups excluding carboxylic acids is 2. The second kappa shape index (κ2) is 5.99. The SMILES string of the molecule is COc1ccc(C(=O)N2CC3CCCC(=O)NC3C2)c(C)c1. The van der Waals surface area contributed by atoms with Crippen molar-refractivity contribution < 1.29 is 14.3 Å². The predicted octanol–water partition coefficient (Wildman–Crippen LogP) is 1.74. The number of rotatable bonds is 2. The largest absolute Gasteiger partial charge is 0.497 e. The van der Waals surface area contributed by atoms with Crippen LogP contribution in [-0.4, -0.2) is 43.0 Å². The quantitative estimate of drug-likeness (QED) is 0.905. The Morgan fingerprint density at radius 2 is 2.18 bits per heavy atom. The van der Waals surface area contributed by atoms with E-state index >= 15 is 0 Å². The molecule has 0 aliphatic carbocycles. The van der Waals surface area contributed by atoms with Gasteiger partial charge in [-0.3, -0.25) is 9.59 Å². The van der Waals surface area contributed by atoms with E-state index in [1.807, 2.05) is 30.0 Å². The number of carbonyl (C=O) groups is 2. The highest BCUT2D eigenvalue weighted by Crippen LogP contribution is 2.27. The van der Waals surface area contributed by atoms with Crippen LogP contribution >= 0.6 is 0 Å². The number of hydrogen-bond donors (Lipinski definition) is 1. The van der Waals surface area contributed by atoms with Gasteiger partial charge in [-0.1, -0.05) is 0 Å². The first-order chi connectivity index (χ1) is 10.6. The average molecular weight is 302 g/mol. The highest BCUT2D eigenvalue weighted by atomic mass is 16.5. The lowest BCUT2D eigenvalue weighted by Gasteiger charge is -2.18. The zero-order valence-electron chi connectivity index (χ0n) is 13.1. The number of aryl methyl sites for hydroxylation is 1. The summed E-state index contributed by atoms with van der Waals surface area (Å²) in [4.78, 5) is 26.3. The van der Waals surface area contributed by atoms with Gasteiger partial charge in [0.2, 0.25) is 5.91 Å². The van der Waals surface area contributed by atoms with Gasteiger partial charge in [-0.05, 0) is 49.4 Å². The standard InChI is InChI=1S/C17H22N2O3/c1-11-8-13(22-2)6-7-14(11)17(21)19-9-12-4-3-5-16(20)18-15(12)10-19/h6-8,12,15H,3-5,9-10H2,1-2H3,(H,18,20). The van der Waals surface area contributed by atoms with Gasteiger partial charge >= 0.3 is 0 Å². The molecule has 0 radical (unpaired) electrons. The van der Waals surface area contributed by atoms with E-state index in [0.717, 1.165) is 30.7 Å². The van der Waals surface area contributed by atoms with Crippen LogP contribution in [0.25, 0.3) is 0 Å². The van der Waals surface area contributed by atoms with Gasteiger partial charge in [-0.2, -0.15) is 0 Å². The fraction of sp³-hybridized carbons (Fsp3) is 0.529. The van der Waals surface area contributed by atoms with Gasteiger partial charge in [-0.15, -0.1) is 0 Å². The predicted molar refractivity (Wildman–Crippen MR) is 82.9 cm³/mol. The topological polar surface area (TPSA) is 58.6 Å². The summed E-state index contributed by atoms with van der Waals surface area (Å²) in [5.74, 6) is 1.30. The zero-order chi connectivity index (χ0) is 15.7. The molecule has 3 rings (SSSR count). The van der Waals surface area contributed by atoms with Gasteiger partial charge in [0, 0.05) is 25.1 Å². The Hall–Kier alpha value is -2.04. The van der Waals surface area contributed by atoms with Crippen molar-refractivity contribution in [1.82, 2.24) is 10.2 Å². The van der Waals surface area contributed by atoms with Crippen LogP contribution < -0.4 is 10.1 Å². The number of ether oxygens (including phenoxy) is 1. The molecule has 2 saturated heterocycles. The first-order valence-electron chi connectivity index (χ1n) is 7.82. The monoisotopic (exact) mass is 302 g/mol. The van der Waals surface area contributed by atoms with Gasteiger partial charge in [0.05, 0.1) is 13.2 Å². The Morgan fingerprint density at radius 1 is 1.36 bits per heavy atom. The summed E-state index contributed by atoms with van der Waals surface area (Å²) >= 11 is 0. The summed E-state index contributed by atoms with van der Waals surface area (Å²) in [5.41, 5.74) is 1.63. The summed E-state index contributed by atoms with van der Waals surface area (Å²) in [6.07, 6.45) is 2.53. The fourth-order valence-electron chi connectivity index (χ4n) is 3.47. The number of nitrogens with one attached hydrogen (secondary N) is 1. The Balaban J connectivity index is 1.75. The first-order valence-corrected chi connectivity index (χ1v) is 7.82. The lowest BCUT2D eigenvalue weighted by molar-refractivity contribution is -0.121. The number of hydrogen-bond acceptors (Lipinski definition) is 3. The second-order valence-electron chi connectivity index (χ2n) is 6.22. The summed E-state index contributed by atoms with van der Waals surface area (Å²) in [6.45, 7) is 3.27. The summed E-state index contributed by atoms with van der Waals surface area (Å²) in [7, 11) is 1.62. The van der Waals surface area contributed by atoms with Gasteiger partial charge in [0.25, 0.3) is 5.91 Å². The van der Waals surface area contributed by atoms with Crippen molar-refractivity contribution in [2.75, 3.05) is 20.2 Å². The minimum absolute atomic E-state index is 0.0440. The maximum Gasteiger partial charge on any atom is 0.254 e. The molecule has 0 aromatic heterocycles.